The van der Waals surface area contributed by atoms with Gasteiger partial charge < -0.3 is 15.0 Å². The van der Waals surface area contributed by atoms with Gasteiger partial charge in [-0.2, -0.15) is 0 Å². The van der Waals surface area contributed by atoms with E-state index >= 15 is 0 Å². The minimum Gasteiger partial charge on any atom is -0.467 e. The molecule has 0 fully saturated rings. The summed E-state index contributed by atoms with van der Waals surface area (Å²) in [6.45, 7) is 0. The lowest BCUT2D eigenvalue weighted by atomic mass is 10.0. The molecule has 36 heavy (non-hydrogen) atoms. The number of para-hydroxylation sites is 1. The Morgan fingerprint density at radius 3 is 2.50 bits per heavy atom. The van der Waals surface area contributed by atoms with E-state index in [0.717, 1.165) is 29.0 Å². The molecule has 0 bridgehead atoms. The standard InChI is InChI=1S/C27H20F2N4O3/c1-36-27(35)23(11-15-9-18(28)13-19(29)10-15)32-26(34)20-7-4-8-21-24(20)33-25(31-21)22-12-16-5-2-3-6-17(16)14-30-22/h2-10,12-14,23H,11H2,1H3,(H,31,33)(H,32,34). The van der Waals surface area contributed by atoms with Crippen molar-refractivity contribution >= 4 is 33.7 Å². The number of hydrogen-bond acceptors (Lipinski definition) is 5. The van der Waals surface area contributed by atoms with E-state index in [2.05, 4.69) is 20.3 Å². The first-order chi connectivity index (χ1) is 17.4. The van der Waals surface area contributed by atoms with Crippen LogP contribution >= 0.6 is 0 Å². The zero-order chi connectivity index (χ0) is 25.2. The highest BCUT2D eigenvalue weighted by molar-refractivity contribution is 6.06. The quantitative estimate of drug-likeness (QED) is 0.343. The summed E-state index contributed by atoms with van der Waals surface area (Å²) in [6, 6.07) is 16.5. The van der Waals surface area contributed by atoms with Crippen LogP contribution in [0.15, 0.2) is 72.9 Å². The van der Waals surface area contributed by atoms with Gasteiger partial charge in [0, 0.05) is 24.1 Å². The molecule has 0 saturated carbocycles. The number of aromatic nitrogens is 3. The van der Waals surface area contributed by atoms with Gasteiger partial charge in [0.15, 0.2) is 5.82 Å². The molecule has 1 unspecified atom stereocenters. The first kappa shape index (κ1) is 23.1. The average molecular weight is 486 g/mol. The highest BCUT2D eigenvalue weighted by atomic mass is 19.1. The number of rotatable bonds is 6. The van der Waals surface area contributed by atoms with Crippen molar-refractivity contribution < 1.29 is 23.1 Å². The number of amides is 1. The lowest BCUT2D eigenvalue weighted by Gasteiger charge is -2.17. The summed E-state index contributed by atoms with van der Waals surface area (Å²) < 4.78 is 32.1. The zero-order valence-corrected chi connectivity index (χ0v) is 19.1. The van der Waals surface area contributed by atoms with Crippen LogP contribution in [-0.2, 0) is 16.0 Å². The number of esters is 1. The zero-order valence-electron chi connectivity index (χ0n) is 19.1. The third-order valence-electron chi connectivity index (χ3n) is 5.78. The maximum absolute atomic E-state index is 13.6. The molecular weight excluding hydrogens is 466 g/mol. The largest absolute Gasteiger partial charge is 0.467 e. The number of imidazole rings is 1. The molecule has 7 nitrogen and oxygen atoms in total. The molecule has 180 valence electrons. The summed E-state index contributed by atoms with van der Waals surface area (Å²) in [7, 11) is 1.17. The molecule has 1 amide bonds. The molecule has 2 aromatic heterocycles. The van der Waals surface area contributed by atoms with Crippen LogP contribution < -0.4 is 5.32 Å². The Labute approximate surface area is 204 Å². The predicted octanol–water partition coefficient (Wildman–Crippen LogP) is 4.57. The highest BCUT2D eigenvalue weighted by Gasteiger charge is 2.25. The summed E-state index contributed by atoms with van der Waals surface area (Å²) in [6.07, 6.45) is 1.59. The van der Waals surface area contributed by atoms with E-state index < -0.39 is 29.6 Å². The Morgan fingerprint density at radius 2 is 1.75 bits per heavy atom. The summed E-state index contributed by atoms with van der Waals surface area (Å²) in [5.41, 5.74) is 2.02. The maximum Gasteiger partial charge on any atom is 0.328 e. The molecule has 0 aliphatic rings. The number of nitrogens with one attached hydrogen (secondary N) is 2. The third-order valence-corrected chi connectivity index (χ3v) is 5.78. The van der Waals surface area contributed by atoms with Gasteiger partial charge in [0.1, 0.15) is 28.9 Å². The number of methoxy groups -OCH3 is 1. The van der Waals surface area contributed by atoms with Crippen molar-refractivity contribution in [3.05, 3.63) is 95.7 Å². The van der Waals surface area contributed by atoms with Gasteiger partial charge in [-0.05, 0) is 41.3 Å². The molecule has 5 aromatic rings. The van der Waals surface area contributed by atoms with Gasteiger partial charge in [0.05, 0.1) is 18.2 Å². The molecule has 0 radical (unpaired) electrons. The summed E-state index contributed by atoms with van der Waals surface area (Å²) in [4.78, 5) is 37.8. The number of carbonyl (C=O) groups excluding carboxylic acids is 2. The fourth-order valence-corrected chi connectivity index (χ4v) is 4.09. The van der Waals surface area contributed by atoms with Crippen molar-refractivity contribution in [3.63, 3.8) is 0 Å². The van der Waals surface area contributed by atoms with E-state index in [0.29, 0.717) is 22.6 Å². The van der Waals surface area contributed by atoms with Gasteiger partial charge in [-0.25, -0.2) is 18.6 Å². The van der Waals surface area contributed by atoms with Crippen LogP contribution in [0.25, 0.3) is 33.3 Å². The van der Waals surface area contributed by atoms with E-state index in [1.165, 1.54) is 7.11 Å². The van der Waals surface area contributed by atoms with Crippen LogP contribution in [0.5, 0.6) is 0 Å². The first-order valence-corrected chi connectivity index (χ1v) is 11.1. The number of ether oxygens (including phenoxy) is 1. The highest BCUT2D eigenvalue weighted by Crippen LogP contribution is 2.24. The minimum absolute atomic E-state index is 0.157. The van der Waals surface area contributed by atoms with Crippen molar-refractivity contribution in [3.8, 4) is 11.5 Å². The normalized spacial score (nSPS) is 12.0. The Hall–Kier alpha value is -4.66. The molecule has 2 N–H and O–H groups in total. The second-order valence-electron chi connectivity index (χ2n) is 8.23. The van der Waals surface area contributed by atoms with Crippen LogP contribution in [-0.4, -0.2) is 40.0 Å². The number of benzene rings is 3. The molecule has 0 spiro atoms. The number of aromatic amines is 1. The average Bonchev–Trinajstić information content (AvgIpc) is 3.31. The van der Waals surface area contributed by atoms with Crippen LogP contribution in [0, 0.1) is 11.6 Å². The molecule has 0 saturated heterocycles. The topological polar surface area (TPSA) is 97.0 Å². The molecule has 2 heterocycles. The van der Waals surface area contributed by atoms with Crippen LogP contribution in [0.2, 0.25) is 0 Å². The van der Waals surface area contributed by atoms with Gasteiger partial charge in [-0.15, -0.1) is 0 Å². The van der Waals surface area contributed by atoms with Gasteiger partial charge in [-0.1, -0.05) is 30.3 Å². The van der Waals surface area contributed by atoms with Crippen LogP contribution in [0.4, 0.5) is 8.78 Å². The molecule has 0 aliphatic carbocycles. The Balaban J connectivity index is 1.45. The van der Waals surface area contributed by atoms with E-state index in [1.807, 2.05) is 30.3 Å². The van der Waals surface area contributed by atoms with Gasteiger partial charge >= 0.3 is 5.97 Å². The molecule has 5 rings (SSSR count). The second kappa shape index (κ2) is 9.53. The van der Waals surface area contributed by atoms with Crippen molar-refractivity contribution in [1.29, 1.82) is 0 Å². The second-order valence-corrected chi connectivity index (χ2v) is 8.23. The number of halogens is 2. The lowest BCUT2D eigenvalue weighted by molar-refractivity contribution is -0.142. The number of carbonyl (C=O) groups is 2. The summed E-state index contributed by atoms with van der Waals surface area (Å²) in [5.74, 6) is -2.41. The van der Waals surface area contributed by atoms with Crippen molar-refractivity contribution in [2.24, 2.45) is 0 Å². The molecule has 1 atom stereocenters. The number of nitrogens with zero attached hydrogens (tertiary/aromatic N) is 2. The fourth-order valence-electron chi connectivity index (χ4n) is 4.09. The van der Waals surface area contributed by atoms with Crippen LogP contribution in [0.3, 0.4) is 0 Å². The minimum atomic E-state index is -1.17. The van der Waals surface area contributed by atoms with E-state index in [1.54, 1.807) is 24.4 Å². The molecule has 9 heteroatoms. The SMILES string of the molecule is COC(=O)C(Cc1cc(F)cc(F)c1)NC(=O)c1cccc2[nH]c(-c3cc4ccccc4cn3)nc12. The molecule has 3 aromatic carbocycles. The molecule has 0 aliphatic heterocycles. The Kier molecular flexibility index (Phi) is 6.12. The van der Waals surface area contributed by atoms with E-state index in [4.69, 9.17) is 4.74 Å². The number of fused-ring (bicyclic) bond motifs is 2. The van der Waals surface area contributed by atoms with E-state index in [-0.39, 0.29) is 17.5 Å². The predicted molar refractivity (Wildman–Crippen MR) is 130 cm³/mol. The molecular formula is C27H20F2N4O3. The fraction of sp³-hybridized carbons (Fsp3) is 0.111. The monoisotopic (exact) mass is 486 g/mol. The van der Waals surface area contributed by atoms with Crippen molar-refractivity contribution in [1.82, 2.24) is 20.3 Å². The van der Waals surface area contributed by atoms with Gasteiger partial charge in [0.2, 0.25) is 0 Å². The Morgan fingerprint density at radius 1 is 1.00 bits per heavy atom. The smallest absolute Gasteiger partial charge is 0.328 e. The number of hydrogen-bond donors (Lipinski definition) is 2. The van der Waals surface area contributed by atoms with Crippen molar-refractivity contribution in [2.45, 2.75) is 12.5 Å². The third kappa shape index (κ3) is 4.63. The number of pyridine rings is 1. The Bertz CT molecular complexity index is 1600. The van der Waals surface area contributed by atoms with Gasteiger partial charge in [-0.3, -0.25) is 9.78 Å². The lowest BCUT2D eigenvalue weighted by Crippen LogP contribution is -2.43. The number of H-pyrrole nitrogens is 1. The van der Waals surface area contributed by atoms with Gasteiger partial charge in [0.25, 0.3) is 5.91 Å². The summed E-state index contributed by atoms with van der Waals surface area (Å²) in [5, 5.41) is 4.60. The van der Waals surface area contributed by atoms with Crippen molar-refractivity contribution in [2.75, 3.05) is 7.11 Å². The van der Waals surface area contributed by atoms with Crippen LogP contribution in [0.1, 0.15) is 15.9 Å². The summed E-state index contributed by atoms with van der Waals surface area (Å²) >= 11 is 0. The first-order valence-electron chi connectivity index (χ1n) is 11.1. The maximum atomic E-state index is 13.6. The van der Waals surface area contributed by atoms with E-state index in [9.17, 15) is 18.4 Å².